The highest BCUT2D eigenvalue weighted by atomic mass is 35.5. The van der Waals surface area contributed by atoms with Crippen molar-refractivity contribution in [2.45, 2.75) is 13.0 Å². The van der Waals surface area contributed by atoms with E-state index in [0.29, 0.717) is 5.02 Å². The lowest BCUT2D eigenvalue weighted by Crippen LogP contribution is -2.05. The summed E-state index contributed by atoms with van der Waals surface area (Å²) in [7, 11) is 0. The Bertz CT molecular complexity index is 299. The third kappa shape index (κ3) is 1.66. The van der Waals surface area contributed by atoms with Crippen LogP contribution in [0.15, 0.2) is 12.1 Å². The Balaban J connectivity index is 3.27. The van der Waals surface area contributed by atoms with Crippen LogP contribution >= 0.6 is 23.2 Å². The smallest absolute Gasteiger partial charge is 0.135 e. The molecule has 2 nitrogen and oxygen atoms in total. The highest BCUT2D eigenvalue weighted by Gasteiger charge is 2.11. The first-order valence-electron chi connectivity index (χ1n) is 3.46. The van der Waals surface area contributed by atoms with Gasteiger partial charge in [-0.3, -0.25) is 0 Å². The topological polar surface area (TPSA) is 46.2 Å². The zero-order valence-electron chi connectivity index (χ0n) is 6.51. The molecule has 4 heteroatoms. The molecule has 0 bridgehead atoms. The molecule has 0 radical (unpaired) electrons. The maximum Gasteiger partial charge on any atom is 0.135 e. The van der Waals surface area contributed by atoms with Gasteiger partial charge in [0.05, 0.1) is 5.02 Å². The van der Waals surface area contributed by atoms with E-state index in [4.69, 9.17) is 34.0 Å². The number of phenolic OH excluding ortho intramolecular Hbond substituents is 1. The Morgan fingerprint density at radius 3 is 2.42 bits per heavy atom. The summed E-state index contributed by atoms with van der Waals surface area (Å²) in [5.74, 6) is -0.0222. The van der Waals surface area contributed by atoms with Gasteiger partial charge >= 0.3 is 0 Å². The minimum atomic E-state index is -0.185. The monoisotopic (exact) mass is 205 g/mol. The molecule has 1 atom stereocenters. The fourth-order valence-electron chi connectivity index (χ4n) is 0.906. The third-order valence-electron chi connectivity index (χ3n) is 1.58. The van der Waals surface area contributed by atoms with E-state index in [2.05, 4.69) is 0 Å². The van der Waals surface area contributed by atoms with Crippen LogP contribution in [-0.4, -0.2) is 5.11 Å². The van der Waals surface area contributed by atoms with Crippen molar-refractivity contribution in [2.24, 2.45) is 5.73 Å². The summed E-state index contributed by atoms with van der Waals surface area (Å²) in [6.45, 7) is 1.80. The van der Waals surface area contributed by atoms with Gasteiger partial charge in [-0.2, -0.15) is 0 Å². The Morgan fingerprint density at radius 2 is 1.92 bits per heavy atom. The second kappa shape index (κ2) is 3.52. The van der Waals surface area contributed by atoms with Gasteiger partial charge in [-0.25, -0.2) is 0 Å². The van der Waals surface area contributed by atoms with Gasteiger partial charge in [-0.1, -0.05) is 29.3 Å². The van der Waals surface area contributed by atoms with Gasteiger partial charge < -0.3 is 10.8 Å². The predicted molar refractivity (Wildman–Crippen MR) is 50.7 cm³/mol. The molecule has 0 aliphatic heterocycles. The van der Waals surface area contributed by atoms with Gasteiger partial charge in [0.25, 0.3) is 0 Å². The first kappa shape index (κ1) is 9.65. The van der Waals surface area contributed by atoms with E-state index >= 15 is 0 Å². The average molecular weight is 206 g/mol. The lowest BCUT2D eigenvalue weighted by atomic mass is 10.1. The zero-order chi connectivity index (χ0) is 9.30. The van der Waals surface area contributed by atoms with Gasteiger partial charge in [0, 0.05) is 6.04 Å². The molecule has 12 heavy (non-hydrogen) atoms. The van der Waals surface area contributed by atoms with Crippen LogP contribution in [0.25, 0.3) is 0 Å². The van der Waals surface area contributed by atoms with Crippen LogP contribution < -0.4 is 5.73 Å². The molecule has 1 aromatic carbocycles. The lowest BCUT2D eigenvalue weighted by Gasteiger charge is -2.09. The number of phenols is 1. The van der Waals surface area contributed by atoms with Crippen molar-refractivity contribution in [3.63, 3.8) is 0 Å². The van der Waals surface area contributed by atoms with Crippen LogP contribution in [0.2, 0.25) is 10.0 Å². The molecule has 3 N–H and O–H groups in total. The molecular formula is C8H9Cl2NO. The van der Waals surface area contributed by atoms with E-state index in [-0.39, 0.29) is 16.8 Å². The molecule has 1 aromatic rings. The molecule has 0 fully saturated rings. The fraction of sp³-hybridized carbons (Fsp3) is 0.250. The summed E-state index contributed by atoms with van der Waals surface area (Å²) < 4.78 is 0. The Labute approximate surface area is 80.9 Å². The van der Waals surface area contributed by atoms with Crippen LogP contribution in [0.4, 0.5) is 0 Å². The Hall–Kier alpha value is -0.440. The number of rotatable bonds is 1. The number of aromatic hydroxyl groups is 1. The Morgan fingerprint density at radius 1 is 1.33 bits per heavy atom. The minimum absolute atomic E-state index is 0.0222. The van der Waals surface area contributed by atoms with E-state index in [0.717, 1.165) is 5.56 Å². The quantitative estimate of drug-likeness (QED) is 0.741. The molecule has 0 spiro atoms. The predicted octanol–water partition coefficient (Wildman–Crippen LogP) is 2.72. The second-order valence-corrected chi connectivity index (χ2v) is 3.35. The number of benzene rings is 1. The van der Waals surface area contributed by atoms with E-state index in [1.807, 2.05) is 0 Å². The van der Waals surface area contributed by atoms with Crippen LogP contribution in [0.1, 0.15) is 18.5 Å². The summed E-state index contributed by atoms with van der Waals surface area (Å²) in [5.41, 5.74) is 6.34. The summed E-state index contributed by atoms with van der Waals surface area (Å²) in [6, 6.07) is 2.96. The number of halogens is 2. The average Bonchev–Trinajstić information content (AvgIpc) is 2.00. The van der Waals surface area contributed by atoms with Crippen molar-refractivity contribution < 1.29 is 5.11 Å². The standard InChI is InChI=1S/C8H9Cl2NO/c1-4(11)5-2-3-6(12)8(10)7(5)9/h2-4,12H,11H2,1H3. The fourth-order valence-corrected chi connectivity index (χ4v) is 1.41. The second-order valence-electron chi connectivity index (χ2n) is 2.59. The first-order valence-corrected chi connectivity index (χ1v) is 4.22. The molecular weight excluding hydrogens is 197 g/mol. The van der Waals surface area contributed by atoms with Gasteiger partial charge in [0.1, 0.15) is 10.8 Å². The van der Waals surface area contributed by atoms with E-state index in [1.165, 1.54) is 6.07 Å². The van der Waals surface area contributed by atoms with Crippen molar-refractivity contribution in [1.29, 1.82) is 0 Å². The summed E-state index contributed by atoms with van der Waals surface area (Å²) in [4.78, 5) is 0. The molecule has 0 amide bonds. The van der Waals surface area contributed by atoms with Gasteiger partial charge in [0.15, 0.2) is 0 Å². The van der Waals surface area contributed by atoms with E-state index in [9.17, 15) is 0 Å². The van der Waals surface area contributed by atoms with Crippen LogP contribution in [0.3, 0.4) is 0 Å². The number of hydrogen-bond donors (Lipinski definition) is 2. The molecule has 0 saturated heterocycles. The summed E-state index contributed by atoms with van der Waals surface area (Å²) >= 11 is 11.5. The van der Waals surface area contributed by atoms with E-state index < -0.39 is 0 Å². The van der Waals surface area contributed by atoms with Crippen molar-refractivity contribution in [3.05, 3.63) is 27.7 Å². The van der Waals surface area contributed by atoms with E-state index in [1.54, 1.807) is 13.0 Å². The largest absolute Gasteiger partial charge is 0.506 e. The van der Waals surface area contributed by atoms with Crippen molar-refractivity contribution in [2.75, 3.05) is 0 Å². The molecule has 1 rings (SSSR count). The van der Waals surface area contributed by atoms with Gasteiger partial charge in [-0.15, -0.1) is 0 Å². The number of nitrogens with two attached hydrogens (primary N) is 1. The maximum atomic E-state index is 9.15. The third-order valence-corrected chi connectivity index (χ3v) is 2.47. The number of hydrogen-bond acceptors (Lipinski definition) is 2. The van der Waals surface area contributed by atoms with Crippen LogP contribution in [0, 0.1) is 0 Å². The van der Waals surface area contributed by atoms with Gasteiger partial charge in [-0.05, 0) is 18.6 Å². The van der Waals surface area contributed by atoms with Crippen molar-refractivity contribution in [1.82, 2.24) is 0 Å². The molecule has 0 aliphatic rings. The molecule has 0 heterocycles. The zero-order valence-corrected chi connectivity index (χ0v) is 8.02. The van der Waals surface area contributed by atoms with Crippen LogP contribution in [-0.2, 0) is 0 Å². The molecule has 66 valence electrons. The molecule has 0 aliphatic carbocycles. The molecule has 0 saturated carbocycles. The summed E-state index contributed by atoms with van der Waals surface area (Å²) in [6.07, 6.45) is 0. The minimum Gasteiger partial charge on any atom is -0.506 e. The molecule has 1 unspecified atom stereocenters. The lowest BCUT2D eigenvalue weighted by molar-refractivity contribution is 0.475. The first-order chi connectivity index (χ1) is 5.54. The SMILES string of the molecule is CC(N)c1ccc(O)c(Cl)c1Cl. The Kier molecular flexibility index (Phi) is 2.83. The highest BCUT2D eigenvalue weighted by Crippen LogP contribution is 2.35. The van der Waals surface area contributed by atoms with Crippen molar-refractivity contribution >= 4 is 23.2 Å². The normalized spacial score (nSPS) is 13.0. The molecule has 0 aromatic heterocycles. The highest BCUT2D eigenvalue weighted by molar-refractivity contribution is 6.43. The summed E-state index contributed by atoms with van der Waals surface area (Å²) in [5, 5.41) is 9.63. The van der Waals surface area contributed by atoms with Crippen molar-refractivity contribution in [3.8, 4) is 5.75 Å². The van der Waals surface area contributed by atoms with Gasteiger partial charge in [0.2, 0.25) is 0 Å². The van der Waals surface area contributed by atoms with Crippen LogP contribution in [0.5, 0.6) is 5.75 Å². The maximum absolute atomic E-state index is 9.15.